The van der Waals surface area contributed by atoms with Crippen LogP contribution in [0.15, 0.2) is 24.3 Å². The number of urea groups is 1. The molecule has 0 unspecified atom stereocenters. The molecule has 1 aromatic carbocycles. The predicted octanol–water partition coefficient (Wildman–Crippen LogP) is 1.78. The van der Waals surface area contributed by atoms with E-state index in [9.17, 15) is 4.79 Å². The van der Waals surface area contributed by atoms with Crippen molar-refractivity contribution in [3.8, 4) is 0 Å². The second kappa shape index (κ2) is 7.99. The summed E-state index contributed by atoms with van der Waals surface area (Å²) < 4.78 is 0. The summed E-state index contributed by atoms with van der Waals surface area (Å²) in [6, 6.07) is 8.95. The van der Waals surface area contributed by atoms with E-state index in [2.05, 4.69) is 53.4 Å². The molecule has 1 aromatic rings. The van der Waals surface area contributed by atoms with Gasteiger partial charge in [-0.3, -0.25) is 4.90 Å². The van der Waals surface area contributed by atoms with Crippen molar-refractivity contribution in [1.29, 1.82) is 0 Å². The van der Waals surface area contributed by atoms with Crippen molar-refractivity contribution in [3.05, 3.63) is 35.4 Å². The molecular formula is C19H30N4O. The van der Waals surface area contributed by atoms with E-state index >= 15 is 0 Å². The van der Waals surface area contributed by atoms with E-state index in [4.69, 9.17) is 0 Å². The van der Waals surface area contributed by atoms with Gasteiger partial charge in [-0.25, -0.2) is 4.79 Å². The Hall–Kier alpha value is -1.59. The van der Waals surface area contributed by atoms with Gasteiger partial charge in [0, 0.05) is 45.3 Å². The minimum atomic E-state index is 0.0928. The Labute approximate surface area is 145 Å². The Morgan fingerprint density at radius 2 is 1.92 bits per heavy atom. The minimum Gasteiger partial charge on any atom is -0.334 e. The molecule has 1 N–H and O–H groups in total. The van der Waals surface area contributed by atoms with E-state index in [1.165, 1.54) is 11.1 Å². The number of likely N-dealkylation sites (N-methyl/N-ethyl adjacent to an activating group) is 1. The number of hydrogen-bond acceptors (Lipinski definition) is 3. The third kappa shape index (κ3) is 4.48. The van der Waals surface area contributed by atoms with Crippen molar-refractivity contribution < 1.29 is 4.79 Å². The molecule has 1 fully saturated rings. The second-order valence-corrected chi connectivity index (χ2v) is 7.25. The number of amides is 2. The summed E-state index contributed by atoms with van der Waals surface area (Å²) in [5.41, 5.74) is 2.90. The highest BCUT2D eigenvalue weighted by Gasteiger charge is 2.21. The number of carbonyl (C=O) groups excluding carboxylic acids is 1. The van der Waals surface area contributed by atoms with Crippen LogP contribution in [0.25, 0.3) is 0 Å². The highest BCUT2D eigenvalue weighted by molar-refractivity contribution is 5.74. The lowest BCUT2D eigenvalue weighted by Crippen LogP contribution is -2.49. The summed E-state index contributed by atoms with van der Waals surface area (Å²) in [6.07, 6.45) is 2.16. The van der Waals surface area contributed by atoms with Gasteiger partial charge in [0.1, 0.15) is 0 Å². The summed E-state index contributed by atoms with van der Waals surface area (Å²) in [6.45, 7) is 8.82. The highest BCUT2D eigenvalue weighted by Crippen LogP contribution is 2.18. The first-order valence-electron chi connectivity index (χ1n) is 9.15. The zero-order valence-electron chi connectivity index (χ0n) is 15.0. The van der Waals surface area contributed by atoms with E-state index in [1.807, 2.05) is 4.90 Å². The number of hydrogen-bond donors (Lipinski definition) is 1. The van der Waals surface area contributed by atoms with Crippen LogP contribution in [0.5, 0.6) is 0 Å². The first kappa shape index (κ1) is 17.2. The van der Waals surface area contributed by atoms with Crippen molar-refractivity contribution in [2.24, 2.45) is 0 Å². The topological polar surface area (TPSA) is 38.8 Å². The van der Waals surface area contributed by atoms with Gasteiger partial charge in [0.25, 0.3) is 0 Å². The third-order valence-electron chi connectivity index (χ3n) is 5.12. The fraction of sp³-hybridized carbons (Fsp3) is 0.632. The Morgan fingerprint density at radius 3 is 2.75 bits per heavy atom. The van der Waals surface area contributed by atoms with Gasteiger partial charge in [0.2, 0.25) is 0 Å². The molecule has 2 heterocycles. The molecule has 24 heavy (non-hydrogen) atoms. The van der Waals surface area contributed by atoms with Crippen molar-refractivity contribution in [1.82, 2.24) is 20.0 Å². The van der Waals surface area contributed by atoms with Gasteiger partial charge >= 0.3 is 6.03 Å². The summed E-state index contributed by atoms with van der Waals surface area (Å²) in [5, 5.41) is 3.19. The van der Waals surface area contributed by atoms with E-state index in [0.717, 1.165) is 58.7 Å². The smallest absolute Gasteiger partial charge is 0.317 e. The Bertz CT molecular complexity index is 562. The van der Waals surface area contributed by atoms with Crippen LogP contribution in [-0.4, -0.2) is 73.1 Å². The van der Waals surface area contributed by atoms with Gasteiger partial charge in [0.15, 0.2) is 0 Å². The average Bonchev–Trinajstić information content (AvgIpc) is 2.79. The first-order valence-corrected chi connectivity index (χ1v) is 9.15. The quantitative estimate of drug-likeness (QED) is 0.918. The van der Waals surface area contributed by atoms with Crippen molar-refractivity contribution in [3.63, 3.8) is 0 Å². The molecule has 3 rings (SSSR count). The molecule has 0 spiro atoms. The molecule has 2 aliphatic heterocycles. The monoisotopic (exact) mass is 330 g/mol. The van der Waals surface area contributed by atoms with E-state index < -0.39 is 0 Å². The molecule has 0 radical (unpaired) electrons. The summed E-state index contributed by atoms with van der Waals surface area (Å²) >= 11 is 0. The number of carbonyl (C=O) groups is 1. The average molecular weight is 330 g/mol. The van der Waals surface area contributed by atoms with Crippen molar-refractivity contribution in [2.45, 2.75) is 32.4 Å². The van der Waals surface area contributed by atoms with E-state index in [1.54, 1.807) is 0 Å². The normalized spacial score (nSPS) is 21.0. The second-order valence-electron chi connectivity index (χ2n) is 7.25. The number of benzene rings is 1. The number of fused-ring (bicyclic) bond motifs is 1. The molecule has 2 amide bonds. The molecular weight excluding hydrogens is 300 g/mol. The predicted molar refractivity (Wildman–Crippen MR) is 97.1 cm³/mol. The van der Waals surface area contributed by atoms with Gasteiger partial charge in [-0.2, -0.15) is 0 Å². The summed E-state index contributed by atoms with van der Waals surface area (Å²) in [5.74, 6) is 0. The molecule has 5 nitrogen and oxygen atoms in total. The van der Waals surface area contributed by atoms with Gasteiger partial charge in [0.05, 0.1) is 0 Å². The van der Waals surface area contributed by atoms with E-state index in [0.29, 0.717) is 0 Å². The van der Waals surface area contributed by atoms with Crippen LogP contribution < -0.4 is 5.32 Å². The van der Waals surface area contributed by atoms with E-state index in [-0.39, 0.29) is 12.1 Å². The van der Waals surface area contributed by atoms with Crippen LogP contribution in [0, 0.1) is 0 Å². The van der Waals surface area contributed by atoms with Crippen LogP contribution in [0.4, 0.5) is 4.79 Å². The standard InChI is InChI=1S/C19H30N4O/c1-16(20-19(24)23-10-5-9-21(2)12-13-23)14-22-11-8-17-6-3-4-7-18(17)15-22/h3-4,6-7,16H,5,8-15H2,1-2H3,(H,20,24)/t16-/m0/s1. The fourth-order valence-corrected chi connectivity index (χ4v) is 3.69. The van der Waals surface area contributed by atoms with Crippen LogP contribution in [0.3, 0.4) is 0 Å². The maximum absolute atomic E-state index is 12.5. The Balaban J connectivity index is 1.47. The van der Waals surface area contributed by atoms with Gasteiger partial charge in [-0.15, -0.1) is 0 Å². The maximum Gasteiger partial charge on any atom is 0.317 e. The molecule has 0 aromatic heterocycles. The number of nitrogens with zero attached hydrogens (tertiary/aromatic N) is 3. The number of nitrogens with one attached hydrogen (secondary N) is 1. The van der Waals surface area contributed by atoms with Crippen LogP contribution in [0.1, 0.15) is 24.5 Å². The Morgan fingerprint density at radius 1 is 1.12 bits per heavy atom. The lowest BCUT2D eigenvalue weighted by molar-refractivity contribution is 0.185. The molecule has 0 saturated carbocycles. The summed E-state index contributed by atoms with van der Waals surface area (Å²) in [4.78, 5) is 19.2. The van der Waals surface area contributed by atoms with Crippen molar-refractivity contribution >= 4 is 6.03 Å². The van der Waals surface area contributed by atoms with Crippen LogP contribution in [0.2, 0.25) is 0 Å². The zero-order valence-corrected chi connectivity index (χ0v) is 15.0. The van der Waals surface area contributed by atoms with Crippen LogP contribution >= 0.6 is 0 Å². The van der Waals surface area contributed by atoms with Gasteiger partial charge in [-0.1, -0.05) is 24.3 Å². The Kier molecular flexibility index (Phi) is 5.74. The molecule has 132 valence electrons. The largest absolute Gasteiger partial charge is 0.334 e. The SMILES string of the molecule is C[C@@H](CN1CCc2ccccc2C1)NC(=O)N1CCCN(C)CC1. The van der Waals surface area contributed by atoms with Crippen LogP contribution in [-0.2, 0) is 13.0 Å². The fourth-order valence-electron chi connectivity index (χ4n) is 3.69. The zero-order chi connectivity index (χ0) is 16.9. The van der Waals surface area contributed by atoms with Gasteiger partial charge < -0.3 is 15.1 Å². The number of rotatable bonds is 3. The lowest BCUT2D eigenvalue weighted by atomic mass is 10.00. The molecule has 1 atom stereocenters. The summed E-state index contributed by atoms with van der Waals surface area (Å²) in [7, 11) is 2.12. The lowest BCUT2D eigenvalue weighted by Gasteiger charge is -2.32. The maximum atomic E-state index is 12.5. The molecule has 5 heteroatoms. The molecule has 0 bridgehead atoms. The molecule has 0 aliphatic carbocycles. The van der Waals surface area contributed by atoms with Crippen molar-refractivity contribution in [2.75, 3.05) is 46.3 Å². The third-order valence-corrected chi connectivity index (χ3v) is 5.12. The molecule has 2 aliphatic rings. The minimum absolute atomic E-state index is 0.0928. The first-order chi connectivity index (χ1) is 11.6. The highest BCUT2D eigenvalue weighted by atomic mass is 16.2. The molecule has 1 saturated heterocycles. The van der Waals surface area contributed by atoms with Gasteiger partial charge in [-0.05, 0) is 44.5 Å².